The van der Waals surface area contributed by atoms with E-state index in [2.05, 4.69) is 10.6 Å². The van der Waals surface area contributed by atoms with Crippen LogP contribution in [0.15, 0.2) is 60.7 Å². The Bertz CT molecular complexity index is 1360. The van der Waals surface area contributed by atoms with Gasteiger partial charge in [-0.3, -0.25) is 9.59 Å². The summed E-state index contributed by atoms with van der Waals surface area (Å²) in [4.78, 5) is 38.5. The molecule has 0 aromatic heterocycles. The fraction of sp³-hybridized carbons (Fsp3) is 0.276. The van der Waals surface area contributed by atoms with Crippen molar-refractivity contribution in [3.8, 4) is 11.5 Å². The molecule has 9 heteroatoms. The average Bonchev–Trinajstić information content (AvgIpc) is 2.89. The summed E-state index contributed by atoms with van der Waals surface area (Å²) in [7, 11) is 1.51. The first-order chi connectivity index (χ1) is 18.2. The number of urea groups is 1. The van der Waals surface area contributed by atoms with Gasteiger partial charge in [0.05, 0.1) is 37.9 Å². The van der Waals surface area contributed by atoms with E-state index in [1.54, 1.807) is 29.2 Å². The maximum atomic E-state index is 13.3. The normalized spacial score (nSPS) is 13.1. The largest absolute Gasteiger partial charge is 0.495 e. The Morgan fingerprint density at radius 3 is 2.55 bits per heavy atom. The third kappa shape index (κ3) is 6.23. The van der Waals surface area contributed by atoms with Crippen LogP contribution in [0.3, 0.4) is 0 Å². The summed E-state index contributed by atoms with van der Waals surface area (Å²) in [6.45, 7) is 4.51. The standard InChI is InChI=1S/C29H31N3O6/c1-18-6-4-5-7-22(18)30-29(36)31-23-10-8-20(15-25(23)37-3)16-27(33)32-12-13-38-26-17-21(9-11-24(26)32)19(2)14-28(34)35/h4-11,15,17,19H,12-14,16H2,1-3H3,(H,34,35)(H2,30,31,36)/t19-/m1/s1. The minimum absolute atomic E-state index is 0.0155. The molecule has 0 unspecified atom stereocenters. The van der Waals surface area contributed by atoms with Crippen LogP contribution >= 0.6 is 0 Å². The van der Waals surface area contributed by atoms with Gasteiger partial charge in [-0.25, -0.2) is 4.79 Å². The number of benzene rings is 3. The van der Waals surface area contributed by atoms with E-state index in [0.29, 0.717) is 41.7 Å². The van der Waals surface area contributed by atoms with Gasteiger partial charge >= 0.3 is 12.0 Å². The smallest absolute Gasteiger partial charge is 0.323 e. The summed E-state index contributed by atoms with van der Waals surface area (Å²) in [6.07, 6.45) is 0.143. The summed E-state index contributed by atoms with van der Waals surface area (Å²) in [5, 5.41) is 14.7. The molecule has 198 valence electrons. The second-order valence-corrected chi connectivity index (χ2v) is 9.23. The molecule has 1 heterocycles. The molecule has 1 aliphatic rings. The summed E-state index contributed by atoms with van der Waals surface area (Å²) in [6, 6.07) is 17.8. The van der Waals surface area contributed by atoms with Crippen molar-refractivity contribution in [2.45, 2.75) is 32.6 Å². The van der Waals surface area contributed by atoms with E-state index in [-0.39, 0.29) is 24.7 Å². The fourth-order valence-electron chi connectivity index (χ4n) is 4.39. The van der Waals surface area contributed by atoms with Crippen molar-refractivity contribution in [2.75, 3.05) is 35.8 Å². The molecule has 0 saturated carbocycles. The van der Waals surface area contributed by atoms with Crippen LogP contribution < -0.4 is 25.0 Å². The second-order valence-electron chi connectivity index (χ2n) is 9.23. The van der Waals surface area contributed by atoms with Crippen LogP contribution in [-0.2, 0) is 16.0 Å². The number of para-hydroxylation sites is 1. The first-order valence-electron chi connectivity index (χ1n) is 12.3. The van der Waals surface area contributed by atoms with Gasteiger partial charge in [-0.1, -0.05) is 37.3 Å². The number of methoxy groups -OCH3 is 1. The third-order valence-corrected chi connectivity index (χ3v) is 6.46. The summed E-state index contributed by atoms with van der Waals surface area (Å²) in [5.74, 6) is -0.144. The van der Waals surface area contributed by atoms with Gasteiger partial charge in [0, 0.05) is 5.69 Å². The lowest BCUT2D eigenvalue weighted by Crippen LogP contribution is -2.38. The third-order valence-electron chi connectivity index (χ3n) is 6.46. The van der Waals surface area contributed by atoms with E-state index >= 15 is 0 Å². The van der Waals surface area contributed by atoms with Crippen LogP contribution in [0.1, 0.15) is 36.0 Å². The van der Waals surface area contributed by atoms with Crippen molar-refractivity contribution in [3.63, 3.8) is 0 Å². The molecule has 4 rings (SSSR count). The monoisotopic (exact) mass is 517 g/mol. The van der Waals surface area contributed by atoms with Gasteiger partial charge in [0.2, 0.25) is 5.91 Å². The highest BCUT2D eigenvalue weighted by Crippen LogP contribution is 2.36. The summed E-state index contributed by atoms with van der Waals surface area (Å²) < 4.78 is 11.3. The molecule has 1 atom stereocenters. The molecule has 9 nitrogen and oxygen atoms in total. The predicted octanol–water partition coefficient (Wildman–Crippen LogP) is 5.19. The van der Waals surface area contributed by atoms with Crippen molar-refractivity contribution < 1.29 is 29.0 Å². The van der Waals surface area contributed by atoms with E-state index in [1.165, 1.54) is 7.11 Å². The number of aliphatic carboxylic acids is 1. The van der Waals surface area contributed by atoms with E-state index in [9.17, 15) is 14.4 Å². The SMILES string of the molecule is COc1cc(CC(=O)N2CCOc3cc([C@H](C)CC(=O)O)ccc32)ccc1NC(=O)Nc1ccccc1C. The number of ether oxygens (including phenoxy) is 2. The maximum Gasteiger partial charge on any atom is 0.323 e. The number of nitrogens with one attached hydrogen (secondary N) is 2. The van der Waals surface area contributed by atoms with E-state index in [0.717, 1.165) is 16.7 Å². The molecule has 0 bridgehead atoms. The number of rotatable bonds is 8. The molecule has 0 saturated heterocycles. The van der Waals surface area contributed by atoms with Gasteiger partial charge in [0.1, 0.15) is 18.1 Å². The number of anilines is 3. The van der Waals surface area contributed by atoms with E-state index in [1.807, 2.05) is 50.2 Å². The summed E-state index contributed by atoms with van der Waals surface area (Å²) >= 11 is 0. The first-order valence-corrected chi connectivity index (χ1v) is 12.3. The number of carboxylic acids is 1. The number of amides is 3. The van der Waals surface area contributed by atoms with Crippen LogP contribution in [0, 0.1) is 6.92 Å². The zero-order valence-electron chi connectivity index (χ0n) is 21.6. The molecule has 3 aromatic carbocycles. The number of hydrogen-bond donors (Lipinski definition) is 3. The van der Waals surface area contributed by atoms with Crippen molar-refractivity contribution in [1.82, 2.24) is 0 Å². The number of carbonyl (C=O) groups excluding carboxylic acids is 2. The number of fused-ring (bicyclic) bond motifs is 1. The first kappa shape index (κ1) is 26.5. The highest BCUT2D eigenvalue weighted by Gasteiger charge is 2.25. The van der Waals surface area contributed by atoms with Crippen LogP contribution in [0.5, 0.6) is 11.5 Å². The maximum absolute atomic E-state index is 13.3. The molecular formula is C29H31N3O6. The van der Waals surface area contributed by atoms with Crippen LogP contribution in [0.2, 0.25) is 0 Å². The van der Waals surface area contributed by atoms with Crippen molar-refractivity contribution in [3.05, 3.63) is 77.4 Å². The van der Waals surface area contributed by atoms with Gasteiger partial charge in [-0.2, -0.15) is 0 Å². The molecule has 0 radical (unpaired) electrons. The second kappa shape index (κ2) is 11.7. The quantitative estimate of drug-likeness (QED) is 0.378. The van der Waals surface area contributed by atoms with Gasteiger partial charge in [-0.05, 0) is 59.9 Å². The number of carbonyl (C=O) groups is 3. The van der Waals surface area contributed by atoms with Gasteiger partial charge in [0.25, 0.3) is 0 Å². The van der Waals surface area contributed by atoms with Gasteiger partial charge < -0.3 is 30.1 Å². The van der Waals surface area contributed by atoms with Gasteiger partial charge in [-0.15, -0.1) is 0 Å². The number of aryl methyl sites for hydroxylation is 1. The van der Waals surface area contributed by atoms with Crippen LogP contribution in [0.4, 0.5) is 21.9 Å². The molecule has 38 heavy (non-hydrogen) atoms. The minimum atomic E-state index is -0.864. The Morgan fingerprint density at radius 1 is 1.05 bits per heavy atom. The average molecular weight is 518 g/mol. The molecule has 0 fully saturated rings. The van der Waals surface area contributed by atoms with Crippen molar-refractivity contribution in [2.24, 2.45) is 0 Å². The van der Waals surface area contributed by atoms with Crippen LogP contribution in [-0.4, -0.2) is 43.3 Å². The summed E-state index contributed by atoms with van der Waals surface area (Å²) in [5.41, 5.74) is 4.37. The Hall–Kier alpha value is -4.53. The van der Waals surface area contributed by atoms with Gasteiger partial charge in [0.15, 0.2) is 0 Å². The predicted molar refractivity (Wildman–Crippen MR) is 145 cm³/mol. The zero-order chi connectivity index (χ0) is 27.2. The lowest BCUT2D eigenvalue weighted by atomic mass is 9.97. The molecule has 3 amide bonds. The highest BCUT2D eigenvalue weighted by atomic mass is 16.5. The molecule has 0 aliphatic carbocycles. The molecule has 0 spiro atoms. The highest BCUT2D eigenvalue weighted by molar-refractivity contribution is 6.01. The lowest BCUT2D eigenvalue weighted by molar-refractivity contribution is -0.137. The van der Waals surface area contributed by atoms with E-state index in [4.69, 9.17) is 14.6 Å². The fourth-order valence-corrected chi connectivity index (χ4v) is 4.39. The molecule has 3 N–H and O–H groups in total. The Balaban J connectivity index is 1.45. The lowest BCUT2D eigenvalue weighted by Gasteiger charge is -2.30. The Labute approximate surface area is 221 Å². The molecular weight excluding hydrogens is 486 g/mol. The number of hydrogen-bond acceptors (Lipinski definition) is 5. The molecule has 1 aliphatic heterocycles. The number of carboxylic acid groups (broad SMARTS) is 1. The van der Waals surface area contributed by atoms with Crippen molar-refractivity contribution in [1.29, 1.82) is 0 Å². The Morgan fingerprint density at radius 2 is 1.82 bits per heavy atom. The Kier molecular flexibility index (Phi) is 8.15. The van der Waals surface area contributed by atoms with E-state index < -0.39 is 12.0 Å². The molecule has 3 aromatic rings. The topological polar surface area (TPSA) is 117 Å². The van der Waals surface area contributed by atoms with Crippen molar-refractivity contribution >= 4 is 35.0 Å². The zero-order valence-corrected chi connectivity index (χ0v) is 21.6. The number of nitrogens with zero attached hydrogens (tertiary/aromatic N) is 1. The minimum Gasteiger partial charge on any atom is -0.495 e. The van der Waals surface area contributed by atoms with Crippen LogP contribution in [0.25, 0.3) is 0 Å².